The molecule has 1 saturated heterocycles. The average molecular weight is 268 g/mol. The van der Waals surface area contributed by atoms with Crippen LogP contribution in [0.15, 0.2) is 12.1 Å². The van der Waals surface area contributed by atoms with Crippen molar-refractivity contribution < 1.29 is 17.6 Å². The Labute approximate surface area is 101 Å². The van der Waals surface area contributed by atoms with E-state index in [4.69, 9.17) is 11.6 Å². The molecule has 1 aliphatic heterocycles. The summed E-state index contributed by atoms with van der Waals surface area (Å²) in [5.41, 5.74) is -0.917. The zero-order valence-electron chi connectivity index (χ0n) is 8.74. The third-order valence-electron chi connectivity index (χ3n) is 2.81. The predicted molar refractivity (Wildman–Crippen MR) is 56.4 cm³/mol. The van der Waals surface area contributed by atoms with E-state index in [1.54, 1.807) is 0 Å². The second kappa shape index (κ2) is 4.46. The average Bonchev–Trinajstić information content (AvgIpc) is 2.72. The third kappa shape index (κ3) is 2.55. The lowest BCUT2D eigenvalue weighted by Crippen LogP contribution is -2.16. The van der Waals surface area contributed by atoms with Crippen molar-refractivity contribution in [3.05, 3.63) is 34.1 Å². The second-order valence-corrected chi connectivity index (χ2v) is 4.38. The highest BCUT2D eigenvalue weighted by atomic mass is 35.5. The minimum absolute atomic E-state index is 0.191. The van der Waals surface area contributed by atoms with Crippen molar-refractivity contribution in [1.29, 1.82) is 0 Å². The highest BCUT2D eigenvalue weighted by molar-refractivity contribution is 6.32. The van der Waals surface area contributed by atoms with Crippen molar-refractivity contribution in [3.63, 3.8) is 0 Å². The van der Waals surface area contributed by atoms with Gasteiger partial charge in [0.1, 0.15) is 5.82 Å². The van der Waals surface area contributed by atoms with Gasteiger partial charge in [-0.2, -0.15) is 13.2 Å². The monoisotopic (exact) mass is 267 g/mol. The van der Waals surface area contributed by atoms with Gasteiger partial charge < -0.3 is 5.32 Å². The van der Waals surface area contributed by atoms with Crippen LogP contribution in [-0.4, -0.2) is 6.54 Å². The molecule has 6 heteroatoms. The molecular formula is C11H10ClF4N. The predicted octanol–water partition coefficient (Wildman–Crippen LogP) is 3.92. The maximum Gasteiger partial charge on any atom is 0.417 e. The molecule has 1 aromatic rings. The molecule has 0 unspecified atom stereocenters. The van der Waals surface area contributed by atoms with Crippen LogP contribution >= 0.6 is 11.6 Å². The van der Waals surface area contributed by atoms with E-state index in [0.717, 1.165) is 12.5 Å². The summed E-state index contributed by atoms with van der Waals surface area (Å²) in [5, 5.41) is 2.60. The molecule has 1 nitrogen and oxygen atoms in total. The van der Waals surface area contributed by atoms with Crippen molar-refractivity contribution in [2.45, 2.75) is 25.1 Å². The Morgan fingerprint density at radius 3 is 2.53 bits per heavy atom. The fourth-order valence-electron chi connectivity index (χ4n) is 2.02. The molecule has 1 fully saturated rings. The lowest BCUT2D eigenvalue weighted by Gasteiger charge is -2.17. The molecule has 1 N–H and O–H groups in total. The van der Waals surface area contributed by atoms with Crippen molar-refractivity contribution in [3.8, 4) is 0 Å². The van der Waals surface area contributed by atoms with Crippen molar-refractivity contribution >= 4 is 11.6 Å². The number of hydrogen-bond acceptors (Lipinski definition) is 1. The number of nitrogens with one attached hydrogen (secondary N) is 1. The minimum Gasteiger partial charge on any atom is -0.310 e. The first-order chi connectivity index (χ1) is 7.89. The summed E-state index contributed by atoms with van der Waals surface area (Å²) < 4.78 is 51.1. The Morgan fingerprint density at radius 1 is 1.29 bits per heavy atom. The summed E-state index contributed by atoms with van der Waals surface area (Å²) in [6.45, 7) is 0.707. The number of benzene rings is 1. The molecule has 1 heterocycles. The zero-order valence-corrected chi connectivity index (χ0v) is 9.50. The van der Waals surface area contributed by atoms with Gasteiger partial charge in [-0.05, 0) is 37.1 Å². The molecule has 0 aliphatic carbocycles. The molecule has 0 spiro atoms. The summed E-state index contributed by atoms with van der Waals surface area (Å²) >= 11 is 5.72. The van der Waals surface area contributed by atoms with E-state index in [1.165, 1.54) is 0 Å². The maximum atomic E-state index is 13.2. The smallest absolute Gasteiger partial charge is 0.310 e. The van der Waals surface area contributed by atoms with Gasteiger partial charge in [0, 0.05) is 6.04 Å². The molecule has 1 aromatic carbocycles. The van der Waals surface area contributed by atoms with Crippen LogP contribution in [0, 0.1) is 5.82 Å². The number of hydrogen-bond donors (Lipinski definition) is 1. The van der Waals surface area contributed by atoms with Gasteiger partial charge in [-0.25, -0.2) is 4.39 Å². The molecule has 94 valence electrons. The van der Waals surface area contributed by atoms with Gasteiger partial charge in [0.15, 0.2) is 0 Å². The molecule has 1 atom stereocenters. The third-order valence-corrected chi connectivity index (χ3v) is 3.23. The van der Waals surface area contributed by atoms with Gasteiger partial charge in [0.2, 0.25) is 0 Å². The van der Waals surface area contributed by atoms with Crippen LogP contribution in [0.1, 0.15) is 30.0 Å². The summed E-state index contributed by atoms with van der Waals surface area (Å²) in [6.07, 6.45) is -3.12. The first-order valence-corrected chi connectivity index (χ1v) is 5.57. The minimum atomic E-state index is -4.63. The van der Waals surface area contributed by atoms with Gasteiger partial charge in [0.25, 0.3) is 0 Å². The van der Waals surface area contributed by atoms with E-state index in [0.29, 0.717) is 19.0 Å². The standard InChI is InChI=1S/C11H10ClF4N/c12-10-7(9-2-1-3-17-9)4-6(13)5-8(10)11(14,15)16/h4-5,9,17H,1-3H2/t9-/m0/s1. The lowest BCUT2D eigenvalue weighted by molar-refractivity contribution is -0.137. The SMILES string of the molecule is Fc1cc([C@@H]2CCCN2)c(Cl)c(C(F)(F)F)c1. The van der Waals surface area contributed by atoms with E-state index in [9.17, 15) is 17.6 Å². The van der Waals surface area contributed by atoms with Gasteiger partial charge in [-0.1, -0.05) is 11.6 Å². The topological polar surface area (TPSA) is 12.0 Å². The van der Waals surface area contributed by atoms with Crippen LogP contribution in [0.5, 0.6) is 0 Å². The summed E-state index contributed by atoms with van der Waals surface area (Å²) in [4.78, 5) is 0. The van der Waals surface area contributed by atoms with Crippen molar-refractivity contribution in [2.75, 3.05) is 6.54 Å². The van der Waals surface area contributed by atoms with E-state index < -0.39 is 22.6 Å². The Balaban J connectivity index is 2.49. The summed E-state index contributed by atoms with van der Waals surface area (Å²) in [7, 11) is 0. The molecule has 1 aliphatic rings. The molecule has 0 aromatic heterocycles. The largest absolute Gasteiger partial charge is 0.417 e. The summed E-state index contributed by atoms with van der Waals surface area (Å²) in [6, 6.07) is 1.21. The fourth-order valence-corrected chi connectivity index (χ4v) is 2.37. The van der Waals surface area contributed by atoms with E-state index in [2.05, 4.69) is 5.32 Å². The highest BCUT2D eigenvalue weighted by Crippen LogP contribution is 2.40. The van der Waals surface area contributed by atoms with Gasteiger partial charge in [-0.15, -0.1) is 0 Å². The first kappa shape index (κ1) is 12.6. The van der Waals surface area contributed by atoms with Crippen LogP contribution < -0.4 is 5.32 Å². The Bertz CT molecular complexity index is 424. The lowest BCUT2D eigenvalue weighted by atomic mass is 10.0. The number of rotatable bonds is 1. The van der Waals surface area contributed by atoms with Crippen LogP contribution in [0.2, 0.25) is 5.02 Å². The number of alkyl halides is 3. The van der Waals surface area contributed by atoms with Gasteiger partial charge >= 0.3 is 6.18 Å². The van der Waals surface area contributed by atoms with Crippen molar-refractivity contribution in [2.24, 2.45) is 0 Å². The normalized spacial score (nSPS) is 20.9. The fraction of sp³-hybridized carbons (Fsp3) is 0.455. The summed E-state index contributed by atoms with van der Waals surface area (Å²) in [5.74, 6) is -0.912. The Kier molecular flexibility index (Phi) is 3.32. The molecular weight excluding hydrogens is 258 g/mol. The highest BCUT2D eigenvalue weighted by Gasteiger charge is 2.36. The van der Waals surface area contributed by atoms with Crippen LogP contribution in [0.25, 0.3) is 0 Å². The van der Waals surface area contributed by atoms with Gasteiger partial charge in [0.05, 0.1) is 10.6 Å². The molecule has 17 heavy (non-hydrogen) atoms. The maximum absolute atomic E-state index is 13.2. The number of halogens is 5. The van der Waals surface area contributed by atoms with Crippen LogP contribution in [0.3, 0.4) is 0 Å². The Morgan fingerprint density at radius 2 is 2.00 bits per heavy atom. The van der Waals surface area contributed by atoms with Crippen molar-refractivity contribution in [1.82, 2.24) is 5.32 Å². The van der Waals surface area contributed by atoms with E-state index in [-0.39, 0.29) is 11.6 Å². The quantitative estimate of drug-likeness (QED) is 0.761. The van der Waals surface area contributed by atoms with E-state index in [1.807, 2.05) is 0 Å². The molecule has 0 bridgehead atoms. The van der Waals surface area contributed by atoms with Gasteiger partial charge in [-0.3, -0.25) is 0 Å². The van der Waals surface area contributed by atoms with Crippen LogP contribution in [0.4, 0.5) is 17.6 Å². The second-order valence-electron chi connectivity index (χ2n) is 4.00. The van der Waals surface area contributed by atoms with E-state index >= 15 is 0 Å². The molecule has 0 amide bonds. The van der Waals surface area contributed by atoms with Crippen LogP contribution in [-0.2, 0) is 6.18 Å². The molecule has 0 radical (unpaired) electrons. The molecule has 2 rings (SSSR count). The Hall–Kier alpha value is -0.810. The molecule has 0 saturated carbocycles. The first-order valence-electron chi connectivity index (χ1n) is 5.19. The zero-order chi connectivity index (χ0) is 12.6.